The zero-order valence-corrected chi connectivity index (χ0v) is 15.8. The first-order valence-electron chi connectivity index (χ1n) is 8.47. The number of esters is 1. The second kappa shape index (κ2) is 10.5. The van der Waals surface area contributed by atoms with Crippen molar-refractivity contribution in [1.29, 1.82) is 0 Å². The van der Waals surface area contributed by atoms with Gasteiger partial charge in [0.2, 0.25) is 11.8 Å². The van der Waals surface area contributed by atoms with Crippen molar-refractivity contribution < 1.29 is 37.0 Å². The third kappa shape index (κ3) is 8.28. The summed E-state index contributed by atoms with van der Waals surface area (Å²) in [6.45, 7) is 0.284. The molecule has 0 aliphatic heterocycles. The number of alkyl halides is 3. The number of methoxy groups -OCH3 is 1. The first-order valence-corrected chi connectivity index (χ1v) is 8.47. The van der Waals surface area contributed by atoms with Crippen LogP contribution in [-0.2, 0) is 19.1 Å². The molecule has 0 saturated heterocycles. The third-order valence-electron chi connectivity index (χ3n) is 3.62. The van der Waals surface area contributed by atoms with Crippen molar-refractivity contribution in [1.82, 2.24) is 10.2 Å². The molecule has 156 valence electrons. The molecular formula is C18H23F3N2O5. The van der Waals surface area contributed by atoms with Crippen LogP contribution >= 0.6 is 0 Å². The van der Waals surface area contributed by atoms with E-state index in [4.69, 9.17) is 4.74 Å². The van der Waals surface area contributed by atoms with E-state index in [0.717, 1.165) is 0 Å². The van der Waals surface area contributed by atoms with Gasteiger partial charge in [0.1, 0.15) is 18.8 Å². The highest BCUT2D eigenvalue weighted by atomic mass is 19.4. The van der Waals surface area contributed by atoms with Crippen molar-refractivity contribution in [2.24, 2.45) is 0 Å². The second-order valence-corrected chi connectivity index (χ2v) is 5.90. The van der Waals surface area contributed by atoms with E-state index in [1.54, 1.807) is 24.3 Å². The first kappa shape index (κ1) is 23.3. The molecule has 0 bridgehead atoms. The van der Waals surface area contributed by atoms with Gasteiger partial charge in [0.25, 0.3) is 0 Å². The van der Waals surface area contributed by atoms with Gasteiger partial charge in [0, 0.05) is 6.92 Å². The number of amides is 2. The zero-order chi connectivity index (χ0) is 21.3. The standard InChI is InChI=1S/C18H23F3N2O5/c1-4-28-17(26)10-23(11-18(19,20)21)16(25)9-15(22-12(2)24)13-5-7-14(27-3)8-6-13/h5-8,15H,4,9-11H2,1-3H3,(H,22,24). The highest BCUT2D eigenvalue weighted by Gasteiger charge is 2.35. The number of benzene rings is 1. The van der Waals surface area contributed by atoms with Gasteiger partial charge in [-0.2, -0.15) is 13.2 Å². The van der Waals surface area contributed by atoms with Crippen molar-refractivity contribution in [3.63, 3.8) is 0 Å². The van der Waals surface area contributed by atoms with Crippen LogP contribution in [0.4, 0.5) is 13.2 Å². The summed E-state index contributed by atoms with van der Waals surface area (Å²) in [6.07, 6.45) is -5.15. The van der Waals surface area contributed by atoms with E-state index < -0.39 is 49.5 Å². The Balaban J connectivity index is 3.01. The quantitative estimate of drug-likeness (QED) is 0.638. The fourth-order valence-electron chi connectivity index (χ4n) is 2.45. The monoisotopic (exact) mass is 404 g/mol. The molecule has 28 heavy (non-hydrogen) atoms. The Morgan fingerprint density at radius 3 is 2.25 bits per heavy atom. The molecule has 0 aromatic heterocycles. The molecule has 0 saturated carbocycles. The second-order valence-electron chi connectivity index (χ2n) is 5.90. The lowest BCUT2D eigenvalue weighted by Gasteiger charge is -2.26. The number of halogens is 3. The Morgan fingerprint density at radius 1 is 1.18 bits per heavy atom. The summed E-state index contributed by atoms with van der Waals surface area (Å²) in [5.74, 6) is -1.81. The van der Waals surface area contributed by atoms with Gasteiger partial charge >= 0.3 is 12.1 Å². The van der Waals surface area contributed by atoms with Gasteiger partial charge in [-0.1, -0.05) is 12.1 Å². The number of hydrogen-bond donors (Lipinski definition) is 1. The molecule has 0 aliphatic carbocycles. The minimum absolute atomic E-state index is 0.0206. The van der Waals surface area contributed by atoms with E-state index >= 15 is 0 Å². The van der Waals surface area contributed by atoms with Crippen LogP contribution < -0.4 is 10.1 Å². The summed E-state index contributed by atoms with van der Waals surface area (Å²) in [7, 11) is 1.47. The predicted octanol–water partition coefficient (Wildman–Crippen LogP) is 2.22. The molecular weight excluding hydrogens is 381 g/mol. The summed E-state index contributed by atoms with van der Waals surface area (Å²) < 4.78 is 48.1. The molecule has 0 radical (unpaired) electrons. The van der Waals surface area contributed by atoms with Gasteiger partial charge in [-0.05, 0) is 24.6 Å². The minimum Gasteiger partial charge on any atom is -0.497 e. The Labute approximate surface area is 160 Å². The molecule has 0 heterocycles. The van der Waals surface area contributed by atoms with Gasteiger partial charge in [-0.3, -0.25) is 14.4 Å². The summed E-state index contributed by atoms with van der Waals surface area (Å²) in [4.78, 5) is 35.9. The summed E-state index contributed by atoms with van der Waals surface area (Å²) in [5.41, 5.74) is 0.507. The average Bonchev–Trinajstić information content (AvgIpc) is 2.59. The Hall–Kier alpha value is -2.78. The lowest BCUT2D eigenvalue weighted by atomic mass is 10.0. The number of rotatable bonds is 9. The van der Waals surface area contributed by atoms with Gasteiger partial charge in [-0.25, -0.2) is 0 Å². The van der Waals surface area contributed by atoms with Crippen molar-refractivity contribution >= 4 is 17.8 Å². The Bertz CT molecular complexity index is 677. The molecule has 1 rings (SSSR count). The highest BCUT2D eigenvalue weighted by Crippen LogP contribution is 2.23. The maximum absolute atomic E-state index is 12.8. The average molecular weight is 404 g/mol. The van der Waals surface area contributed by atoms with Gasteiger partial charge in [0.05, 0.1) is 26.2 Å². The van der Waals surface area contributed by atoms with E-state index in [-0.39, 0.29) is 6.61 Å². The molecule has 10 heteroatoms. The Kier molecular flexibility index (Phi) is 8.75. The lowest BCUT2D eigenvalue weighted by molar-refractivity contribution is -0.167. The number of ether oxygens (including phenoxy) is 2. The largest absolute Gasteiger partial charge is 0.497 e. The van der Waals surface area contributed by atoms with Crippen LogP contribution in [0.2, 0.25) is 0 Å². The van der Waals surface area contributed by atoms with E-state index in [1.807, 2.05) is 0 Å². The van der Waals surface area contributed by atoms with Crippen molar-refractivity contribution in [3.8, 4) is 5.75 Å². The van der Waals surface area contributed by atoms with Gasteiger partial charge < -0.3 is 19.7 Å². The van der Waals surface area contributed by atoms with Crippen LogP contribution in [0.5, 0.6) is 5.75 Å². The number of carbonyl (C=O) groups excluding carboxylic acids is 3. The topological polar surface area (TPSA) is 84.9 Å². The van der Waals surface area contributed by atoms with Crippen molar-refractivity contribution in [2.45, 2.75) is 32.5 Å². The number of hydrogen-bond acceptors (Lipinski definition) is 5. The summed E-state index contributed by atoms with van der Waals surface area (Å²) in [6, 6.07) is 5.51. The van der Waals surface area contributed by atoms with Crippen LogP contribution in [0.25, 0.3) is 0 Å². The van der Waals surface area contributed by atoms with E-state index in [0.29, 0.717) is 16.2 Å². The van der Waals surface area contributed by atoms with Crippen LogP contribution in [0.15, 0.2) is 24.3 Å². The van der Waals surface area contributed by atoms with Crippen LogP contribution in [-0.4, -0.2) is 55.7 Å². The molecule has 1 unspecified atom stereocenters. The third-order valence-corrected chi connectivity index (χ3v) is 3.62. The molecule has 0 fully saturated rings. The van der Waals surface area contributed by atoms with Crippen molar-refractivity contribution in [3.05, 3.63) is 29.8 Å². The summed E-state index contributed by atoms with van der Waals surface area (Å²) >= 11 is 0. The fourth-order valence-corrected chi connectivity index (χ4v) is 2.45. The number of carbonyl (C=O) groups is 3. The van der Waals surface area contributed by atoms with Crippen molar-refractivity contribution in [2.75, 3.05) is 26.8 Å². The van der Waals surface area contributed by atoms with Gasteiger partial charge in [-0.15, -0.1) is 0 Å². The van der Waals surface area contributed by atoms with E-state index in [2.05, 4.69) is 10.1 Å². The van der Waals surface area contributed by atoms with Crippen LogP contribution in [0.3, 0.4) is 0 Å². The van der Waals surface area contributed by atoms with E-state index in [9.17, 15) is 27.6 Å². The number of nitrogens with zero attached hydrogens (tertiary/aromatic N) is 1. The number of nitrogens with one attached hydrogen (secondary N) is 1. The molecule has 7 nitrogen and oxygen atoms in total. The molecule has 1 N–H and O–H groups in total. The van der Waals surface area contributed by atoms with Gasteiger partial charge in [0.15, 0.2) is 0 Å². The lowest BCUT2D eigenvalue weighted by Crippen LogP contribution is -2.44. The predicted molar refractivity (Wildman–Crippen MR) is 93.4 cm³/mol. The summed E-state index contributed by atoms with van der Waals surface area (Å²) in [5, 5.41) is 2.54. The molecule has 0 aliphatic rings. The SMILES string of the molecule is CCOC(=O)CN(CC(F)(F)F)C(=O)CC(NC(C)=O)c1ccc(OC)cc1. The molecule has 0 spiro atoms. The van der Waals surface area contributed by atoms with E-state index in [1.165, 1.54) is 21.0 Å². The Morgan fingerprint density at radius 2 is 1.79 bits per heavy atom. The van der Waals surface area contributed by atoms with Crippen LogP contribution in [0, 0.1) is 0 Å². The molecule has 1 aromatic carbocycles. The molecule has 1 atom stereocenters. The maximum Gasteiger partial charge on any atom is 0.406 e. The smallest absolute Gasteiger partial charge is 0.406 e. The molecule has 1 aromatic rings. The first-order chi connectivity index (χ1) is 13.1. The fraction of sp³-hybridized carbons (Fsp3) is 0.500. The normalized spacial score (nSPS) is 12.1. The highest BCUT2D eigenvalue weighted by molar-refractivity contribution is 5.83. The van der Waals surface area contributed by atoms with Crippen LogP contribution in [0.1, 0.15) is 31.9 Å². The minimum atomic E-state index is -4.69. The zero-order valence-electron chi connectivity index (χ0n) is 15.8. The molecule has 2 amide bonds. The maximum atomic E-state index is 12.8.